The largest absolute Gasteiger partial charge is 0.479 e. The van der Waals surface area contributed by atoms with E-state index < -0.39 is 28.0 Å². The number of aliphatic carboxylic acids is 1. The molecule has 0 fully saturated rings. The quantitative estimate of drug-likeness (QED) is 0.714. The molecule has 2 N–H and O–H groups in total. The Balaban J connectivity index is 2.79. The first-order valence-corrected chi connectivity index (χ1v) is 7.70. The van der Waals surface area contributed by atoms with Crippen LogP contribution in [0, 0.1) is 0 Å². The molecule has 0 saturated heterocycles. The van der Waals surface area contributed by atoms with Crippen molar-refractivity contribution in [2.24, 2.45) is 0 Å². The highest BCUT2D eigenvalue weighted by Crippen LogP contribution is 2.13. The van der Waals surface area contributed by atoms with Gasteiger partial charge in [-0.3, -0.25) is 4.79 Å². The highest BCUT2D eigenvalue weighted by atomic mass is 32.2. The van der Waals surface area contributed by atoms with Crippen LogP contribution < -0.4 is 5.32 Å². The Hall–Kier alpha value is -1.97. The van der Waals surface area contributed by atoms with Crippen molar-refractivity contribution in [3.63, 3.8) is 0 Å². The second kappa shape index (κ2) is 7.34. The lowest BCUT2D eigenvalue weighted by molar-refractivity contribution is -0.148. The lowest BCUT2D eigenvalue weighted by Gasteiger charge is -2.13. The van der Waals surface area contributed by atoms with Crippen LogP contribution in [0.1, 0.15) is 10.4 Å². The first-order chi connectivity index (χ1) is 10.2. The molecule has 0 aliphatic carbocycles. The first-order valence-electron chi connectivity index (χ1n) is 6.26. The number of hydrogen-bond acceptors (Lipinski definition) is 5. The van der Waals surface area contributed by atoms with Gasteiger partial charge < -0.3 is 15.2 Å². The van der Waals surface area contributed by atoms with Crippen LogP contribution in [0.4, 0.5) is 0 Å². The third-order valence-electron chi connectivity index (χ3n) is 2.90. The maximum Gasteiger partial charge on any atom is 0.334 e. The van der Waals surface area contributed by atoms with Crippen molar-refractivity contribution in [3.8, 4) is 0 Å². The Morgan fingerprint density at radius 2 is 1.82 bits per heavy atom. The number of carboxylic acids is 1. The average molecular weight is 330 g/mol. The normalized spacial score (nSPS) is 12.9. The van der Waals surface area contributed by atoms with Crippen LogP contribution in [0.15, 0.2) is 29.2 Å². The van der Waals surface area contributed by atoms with Gasteiger partial charge in [0, 0.05) is 26.8 Å². The fourth-order valence-corrected chi connectivity index (χ4v) is 2.45. The molecule has 0 saturated carbocycles. The standard InChI is InChI=1S/C13H18N2O6S/c1-15(2)22(19,20)10-6-4-9(5-7-10)12(16)14-8-11(21-3)13(17)18/h4-7,11H,8H2,1-3H3,(H,14,16)(H,17,18). The Kier molecular flexibility index (Phi) is 6.03. The number of benzene rings is 1. The molecule has 1 aromatic carbocycles. The van der Waals surface area contributed by atoms with Crippen LogP contribution in [-0.4, -0.2) is 63.6 Å². The van der Waals surface area contributed by atoms with E-state index in [4.69, 9.17) is 5.11 Å². The van der Waals surface area contributed by atoms with Crippen LogP contribution in [0.25, 0.3) is 0 Å². The molecule has 9 heteroatoms. The van der Waals surface area contributed by atoms with E-state index >= 15 is 0 Å². The Morgan fingerprint density at radius 3 is 2.23 bits per heavy atom. The van der Waals surface area contributed by atoms with E-state index in [1.54, 1.807) is 0 Å². The second-order valence-electron chi connectivity index (χ2n) is 4.58. The summed E-state index contributed by atoms with van der Waals surface area (Å²) in [4.78, 5) is 22.7. The molecule has 0 aromatic heterocycles. The van der Waals surface area contributed by atoms with E-state index in [0.29, 0.717) is 0 Å². The predicted octanol–water partition coefficient (Wildman–Crippen LogP) is -0.234. The highest BCUT2D eigenvalue weighted by molar-refractivity contribution is 7.89. The third kappa shape index (κ3) is 4.26. The summed E-state index contributed by atoms with van der Waals surface area (Å²) in [5.41, 5.74) is 0.220. The summed E-state index contributed by atoms with van der Waals surface area (Å²) in [6, 6.07) is 5.34. The summed E-state index contributed by atoms with van der Waals surface area (Å²) < 4.78 is 29.5. The van der Waals surface area contributed by atoms with Gasteiger partial charge in [-0.2, -0.15) is 0 Å². The molecule has 1 amide bonds. The topological polar surface area (TPSA) is 113 Å². The van der Waals surface area contributed by atoms with Crippen molar-refractivity contribution in [2.45, 2.75) is 11.0 Å². The van der Waals surface area contributed by atoms with Gasteiger partial charge in [0.05, 0.1) is 11.4 Å². The fourth-order valence-electron chi connectivity index (χ4n) is 1.55. The monoisotopic (exact) mass is 330 g/mol. The second-order valence-corrected chi connectivity index (χ2v) is 6.74. The molecule has 8 nitrogen and oxygen atoms in total. The Labute approximate surface area is 128 Å². The van der Waals surface area contributed by atoms with Crippen molar-refractivity contribution in [3.05, 3.63) is 29.8 Å². The van der Waals surface area contributed by atoms with Gasteiger partial charge in [-0.25, -0.2) is 17.5 Å². The van der Waals surface area contributed by atoms with Gasteiger partial charge in [-0.05, 0) is 24.3 Å². The van der Waals surface area contributed by atoms with E-state index in [1.807, 2.05) is 0 Å². The molecule has 1 unspecified atom stereocenters. The number of nitrogens with zero attached hydrogens (tertiary/aromatic N) is 1. The van der Waals surface area contributed by atoms with E-state index in [9.17, 15) is 18.0 Å². The molecule has 0 bridgehead atoms. The molecular formula is C13H18N2O6S. The van der Waals surface area contributed by atoms with Gasteiger partial charge >= 0.3 is 5.97 Å². The molecule has 1 aromatic rings. The number of amides is 1. The molecule has 122 valence electrons. The molecular weight excluding hydrogens is 312 g/mol. The van der Waals surface area contributed by atoms with E-state index in [0.717, 1.165) is 4.31 Å². The van der Waals surface area contributed by atoms with Crippen LogP contribution in [-0.2, 0) is 19.6 Å². The summed E-state index contributed by atoms with van der Waals surface area (Å²) in [6.45, 7) is -0.192. The van der Waals surface area contributed by atoms with Crippen molar-refractivity contribution in [1.29, 1.82) is 0 Å². The Morgan fingerprint density at radius 1 is 1.27 bits per heavy atom. The highest BCUT2D eigenvalue weighted by Gasteiger charge is 2.19. The molecule has 1 atom stereocenters. The first kappa shape index (κ1) is 18.1. The summed E-state index contributed by atoms with van der Waals surface area (Å²) >= 11 is 0. The molecule has 0 spiro atoms. The fraction of sp³-hybridized carbons (Fsp3) is 0.385. The lowest BCUT2D eigenvalue weighted by Crippen LogP contribution is -2.37. The lowest BCUT2D eigenvalue weighted by atomic mass is 10.2. The smallest absolute Gasteiger partial charge is 0.334 e. The van der Waals surface area contributed by atoms with Gasteiger partial charge in [-0.1, -0.05) is 0 Å². The van der Waals surface area contributed by atoms with Crippen molar-refractivity contribution in [1.82, 2.24) is 9.62 Å². The number of ether oxygens (including phenoxy) is 1. The van der Waals surface area contributed by atoms with E-state index in [1.165, 1.54) is 45.5 Å². The van der Waals surface area contributed by atoms with Gasteiger partial charge in [0.15, 0.2) is 6.10 Å². The number of carbonyl (C=O) groups excluding carboxylic acids is 1. The number of carboxylic acid groups (broad SMARTS) is 1. The van der Waals surface area contributed by atoms with E-state index in [2.05, 4.69) is 10.1 Å². The molecule has 0 heterocycles. The Bertz CT molecular complexity index is 639. The minimum absolute atomic E-state index is 0.0642. The minimum atomic E-state index is -3.56. The van der Waals surface area contributed by atoms with Crippen LogP contribution >= 0.6 is 0 Å². The SMILES string of the molecule is COC(CNC(=O)c1ccc(S(=O)(=O)N(C)C)cc1)C(=O)O. The number of sulfonamides is 1. The number of carbonyl (C=O) groups is 2. The maximum absolute atomic E-state index is 11.9. The van der Waals surface area contributed by atoms with Crippen molar-refractivity contribution in [2.75, 3.05) is 27.7 Å². The average Bonchev–Trinajstić information content (AvgIpc) is 2.47. The van der Waals surface area contributed by atoms with E-state index in [-0.39, 0.29) is 17.0 Å². The van der Waals surface area contributed by atoms with Crippen LogP contribution in [0.2, 0.25) is 0 Å². The van der Waals surface area contributed by atoms with Crippen LogP contribution in [0.3, 0.4) is 0 Å². The van der Waals surface area contributed by atoms with Gasteiger partial charge in [-0.15, -0.1) is 0 Å². The van der Waals surface area contributed by atoms with Gasteiger partial charge in [0.2, 0.25) is 10.0 Å². The maximum atomic E-state index is 11.9. The zero-order valence-electron chi connectivity index (χ0n) is 12.4. The zero-order chi connectivity index (χ0) is 16.9. The predicted molar refractivity (Wildman–Crippen MR) is 78.1 cm³/mol. The van der Waals surface area contributed by atoms with Gasteiger partial charge in [0.1, 0.15) is 0 Å². The van der Waals surface area contributed by atoms with Gasteiger partial charge in [0.25, 0.3) is 5.91 Å². The molecule has 22 heavy (non-hydrogen) atoms. The van der Waals surface area contributed by atoms with Crippen molar-refractivity contribution >= 4 is 21.9 Å². The summed E-state index contributed by atoms with van der Waals surface area (Å²) in [6.07, 6.45) is -1.14. The minimum Gasteiger partial charge on any atom is -0.479 e. The number of rotatable bonds is 7. The van der Waals surface area contributed by atoms with Crippen molar-refractivity contribution < 1.29 is 27.9 Å². The number of nitrogens with one attached hydrogen (secondary N) is 1. The molecule has 1 rings (SSSR count). The summed E-state index contributed by atoms with van der Waals surface area (Å²) in [5, 5.41) is 11.2. The summed E-state index contributed by atoms with van der Waals surface area (Å²) in [7, 11) is 0.491. The molecule has 0 aliphatic rings. The zero-order valence-corrected chi connectivity index (χ0v) is 13.3. The number of methoxy groups -OCH3 is 1. The molecule has 0 aliphatic heterocycles. The van der Waals surface area contributed by atoms with Crippen LogP contribution in [0.5, 0.6) is 0 Å². The summed E-state index contributed by atoms with van der Waals surface area (Å²) in [5.74, 6) is -1.70. The number of hydrogen-bond donors (Lipinski definition) is 2. The molecule has 0 radical (unpaired) electrons. The third-order valence-corrected chi connectivity index (χ3v) is 4.73.